The molecule has 108 valence electrons. The number of aliphatic carboxylic acids is 2. The fraction of sp³-hybridized carbons (Fsp3) is 0.667. The number of nitrogens with zero attached hydrogens (tertiary/aromatic N) is 4. The van der Waals surface area contributed by atoms with E-state index < -0.39 is 24.0 Å². The highest BCUT2D eigenvalue weighted by Gasteiger charge is 2.15. The predicted octanol–water partition coefficient (Wildman–Crippen LogP) is 1.73. The zero-order valence-electron chi connectivity index (χ0n) is 10.9. The largest absolute Gasteiger partial charge is 0.481 e. The van der Waals surface area contributed by atoms with Crippen molar-refractivity contribution in [1.82, 2.24) is 0 Å². The Morgan fingerprint density at radius 1 is 0.900 bits per heavy atom. The molecule has 0 fully saturated rings. The van der Waals surface area contributed by atoms with Crippen LogP contribution in [0.3, 0.4) is 0 Å². The molecule has 2 atom stereocenters. The van der Waals surface area contributed by atoms with E-state index in [2.05, 4.69) is 10.2 Å². The van der Waals surface area contributed by atoms with Gasteiger partial charge in [-0.3, -0.25) is 9.59 Å². The summed E-state index contributed by atoms with van der Waals surface area (Å²) in [7, 11) is 0. The number of carbonyl (C=O) groups is 2. The molecular weight excluding hydrogens is 264 g/mol. The number of carboxylic acid groups (broad SMARTS) is 2. The van der Waals surface area contributed by atoms with Crippen molar-refractivity contribution in [3.05, 3.63) is 0 Å². The highest BCUT2D eigenvalue weighted by atomic mass is 16.4. The zero-order valence-corrected chi connectivity index (χ0v) is 10.9. The normalized spacial score (nSPS) is 13.3. The number of hydrogen-bond acceptors (Lipinski definition) is 6. The lowest BCUT2D eigenvalue weighted by Crippen LogP contribution is -2.14. The average molecular weight is 280 g/mol. The van der Waals surface area contributed by atoms with Crippen molar-refractivity contribution in [2.24, 2.45) is 10.2 Å². The van der Waals surface area contributed by atoms with Gasteiger partial charge in [0, 0.05) is 12.8 Å². The SMILES string of the molecule is N#CCCC(CC(=O)O)N=NC(CCC#N)CC(=O)O. The van der Waals surface area contributed by atoms with Gasteiger partial charge in [0.2, 0.25) is 0 Å². The molecule has 0 aliphatic heterocycles. The summed E-state index contributed by atoms with van der Waals surface area (Å²) in [6.45, 7) is 0. The molecule has 0 spiro atoms. The van der Waals surface area contributed by atoms with E-state index in [1.807, 2.05) is 12.1 Å². The Kier molecular flexibility index (Phi) is 9.15. The van der Waals surface area contributed by atoms with Crippen LogP contribution in [0.15, 0.2) is 10.2 Å². The van der Waals surface area contributed by atoms with Crippen molar-refractivity contribution in [1.29, 1.82) is 10.5 Å². The van der Waals surface area contributed by atoms with Crippen LogP contribution in [0.5, 0.6) is 0 Å². The van der Waals surface area contributed by atoms with Crippen LogP contribution >= 0.6 is 0 Å². The van der Waals surface area contributed by atoms with Crippen LogP contribution in [0.2, 0.25) is 0 Å². The molecule has 0 saturated heterocycles. The second kappa shape index (κ2) is 10.4. The summed E-state index contributed by atoms with van der Waals surface area (Å²) in [5.41, 5.74) is 0. The van der Waals surface area contributed by atoms with Crippen molar-refractivity contribution in [2.45, 2.75) is 50.6 Å². The van der Waals surface area contributed by atoms with Crippen LogP contribution in [0, 0.1) is 22.7 Å². The Morgan fingerprint density at radius 2 is 1.25 bits per heavy atom. The van der Waals surface area contributed by atoms with Crippen LogP contribution in [0.1, 0.15) is 38.5 Å². The Morgan fingerprint density at radius 3 is 1.50 bits per heavy atom. The summed E-state index contributed by atoms with van der Waals surface area (Å²) in [6.07, 6.45) is 0.290. The van der Waals surface area contributed by atoms with Gasteiger partial charge >= 0.3 is 11.9 Å². The van der Waals surface area contributed by atoms with E-state index >= 15 is 0 Å². The molecule has 0 aromatic rings. The van der Waals surface area contributed by atoms with Gasteiger partial charge in [-0.1, -0.05) is 0 Å². The summed E-state index contributed by atoms with van der Waals surface area (Å²) in [5, 5.41) is 42.0. The molecule has 0 aromatic carbocycles. The molecule has 0 bridgehead atoms. The summed E-state index contributed by atoms with van der Waals surface area (Å²) in [6, 6.07) is 2.49. The van der Waals surface area contributed by atoms with Gasteiger partial charge in [0.05, 0.1) is 37.1 Å². The monoisotopic (exact) mass is 280 g/mol. The van der Waals surface area contributed by atoms with Crippen molar-refractivity contribution in [3.63, 3.8) is 0 Å². The van der Waals surface area contributed by atoms with Crippen molar-refractivity contribution in [3.8, 4) is 12.1 Å². The second-order valence-corrected chi connectivity index (χ2v) is 4.13. The van der Waals surface area contributed by atoms with Gasteiger partial charge in [0.1, 0.15) is 0 Å². The maximum absolute atomic E-state index is 10.6. The highest BCUT2D eigenvalue weighted by Crippen LogP contribution is 2.12. The van der Waals surface area contributed by atoms with Crippen LogP contribution in [0.25, 0.3) is 0 Å². The first-order valence-corrected chi connectivity index (χ1v) is 6.07. The molecule has 2 unspecified atom stereocenters. The van der Waals surface area contributed by atoms with Gasteiger partial charge in [-0.2, -0.15) is 20.8 Å². The molecular formula is C12H16N4O4. The van der Waals surface area contributed by atoms with Crippen molar-refractivity contribution in [2.75, 3.05) is 0 Å². The van der Waals surface area contributed by atoms with E-state index in [1.165, 1.54) is 0 Å². The molecule has 8 heteroatoms. The van der Waals surface area contributed by atoms with Crippen molar-refractivity contribution >= 4 is 11.9 Å². The number of azo groups is 1. The standard InChI is InChI=1S/C12H16N4O4/c13-5-1-3-9(7-11(17)18)15-16-10(4-2-6-14)8-12(19)20/h9-10H,1-4,7-8H2,(H,17,18)(H,19,20). The van der Waals surface area contributed by atoms with Crippen LogP contribution in [-0.4, -0.2) is 34.2 Å². The molecule has 8 nitrogen and oxygen atoms in total. The van der Waals surface area contributed by atoms with Gasteiger partial charge in [-0.25, -0.2) is 0 Å². The van der Waals surface area contributed by atoms with Crippen LogP contribution in [0.4, 0.5) is 0 Å². The van der Waals surface area contributed by atoms with E-state index in [1.54, 1.807) is 0 Å². The third-order valence-corrected chi connectivity index (χ3v) is 2.39. The number of nitriles is 2. The molecule has 0 aliphatic carbocycles. The minimum absolute atomic E-state index is 0.152. The number of carboxylic acids is 2. The minimum Gasteiger partial charge on any atom is -0.481 e. The molecule has 2 N–H and O–H groups in total. The van der Waals surface area contributed by atoms with E-state index in [0.717, 1.165) is 0 Å². The Hall–Kier alpha value is -2.48. The fourth-order valence-electron chi connectivity index (χ4n) is 1.46. The lowest BCUT2D eigenvalue weighted by molar-refractivity contribution is -0.138. The maximum Gasteiger partial charge on any atom is 0.305 e. The molecule has 0 rings (SSSR count). The van der Waals surface area contributed by atoms with Crippen LogP contribution in [-0.2, 0) is 9.59 Å². The summed E-state index contributed by atoms with van der Waals surface area (Å²) < 4.78 is 0. The lowest BCUT2D eigenvalue weighted by Gasteiger charge is -2.10. The molecule has 20 heavy (non-hydrogen) atoms. The fourth-order valence-corrected chi connectivity index (χ4v) is 1.46. The van der Waals surface area contributed by atoms with Gasteiger partial charge in [-0.05, 0) is 12.8 Å². The smallest absolute Gasteiger partial charge is 0.305 e. The lowest BCUT2D eigenvalue weighted by atomic mass is 10.1. The van der Waals surface area contributed by atoms with E-state index in [0.29, 0.717) is 0 Å². The predicted molar refractivity (Wildman–Crippen MR) is 66.6 cm³/mol. The molecule has 0 saturated carbocycles. The van der Waals surface area contributed by atoms with E-state index in [4.69, 9.17) is 20.7 Å². The molecule has 0 heterocycles. The van der Waals surface area contributed by atoms with Crippen LogP contribution < -0.4 is 0 Å². The topological polar surface area (TPSA) is 147 Å². The van der Waals surface area contributed by atoms with Gasteiger partial charge in [0.25, 0.3) is 0 Å². The zero-order chi connectivity index (χ0) is 15.4. The second-order valence-electron chi connectivity index (χ2n) is 4.13. The Bertz CT molecular complexity index is 396. The third kappa shape index (κ3) is 9.54. The minimum atomic E-state index is -1.06. The average Bonchev–Trinajstić information content (AvgIpc) is 2.37. The van der Waals surface area contributed by atoms with Gasteiger partial charge in [0.15, 0.2) is 0 Å². The quantitative estimate of drug-likeness (QED) is 0.582. The molecule has 0 radical (unpaired) electrons. The van der Waals surface area contributed by atoms with Crippen molar-refractivity contribution < 1.29 is 19.8 Å². The Balaban J connectivity index is 4.64. The highest BCUT2D eigenvalue weighted by molar-refractivity contribution is 5.68. The summed E-state index contributed by atoms with van der Waals surface area (Å²) in [5.74, 6) is -2.11. The first-order chi connectivity index (χ1) is 9.49. The maximum atomic E-state index is 10.6. The number of hydrogen-bond donors (Lipinski definition) is 2. The molecule has 0 aromatic heterocycles. The van der Waals surface area contributed by atoms with Gasteiger partial charge < -0.3 is 10.2 Å². The van der Waals surface area contributed by atoms with E-state index in [9.17, 15) is 9.59 Å². The number of rotatable bonds is 10. The summed E-state index contributed by atoms with van der Waals surface area (Å²) >= 11 is 0. The summed E-state index contributed by atoms with van der Waals surface area (Å²) in [4.78, 5) is 21.3. The van der Waals surface area contributed by atoms with Gasteiger partial charge in [-0.15, -0.1) is 0 Å². The first-order valence-electron chi connectivity index (χ1n) is 6.07. The first kappa shape index (κ1) is 17.5. The molecule has 0 aliphatic rings. The Labute approximate surface area is 116 Å². The third-order valence-electron chi connectivity index (χ3n) is 2.39. The molecule has 0 amide bonds. The van der Waals surface area contributed by atoms with E-state index in [-0.39, 0.29) is 38.5 Å².